The van der Waals surface area contributed by atoms with Crippen molar-refractivity contribution in [3.05, 3.63) is 82.2 Å². The monoisotopic (exact) mass is 578 g/mol. The number of nitrogens with zero attached hydrogens (tertiary/aromatic N) is 4. The first kappa shape index (κ1) is 29.0. The number of fused-ring (bicyclic) bond motifs is 1. The van der Waals surface area contributed by atoms with Crippen LogP contribution < -0.4 is 10.6 Å². The number of likely N-dealkylation sites (N-methyl/N-ethyl adjacent to an activating group) is 1. The van der Waals surface area contributed by atoms with Crippen molar-refractivity contribution >= 4 is 24.0 Å². The van der Waals surface area contributed by atoms with Crippen LogP contribution in [0.15, 0.2) is 48.8 Å². The Bertz CT molecular complexity index is 1530. The molecule has 1 unspecified atom stereocenters. The molecule has 0 aliphatic carbocycles. The van der Waals surface area contributed by atoms with Crippen molar-refractivity contribution in [1.29, 1.82) is 0 Å². The summed E-state index contributed by atoms with van der Waals surface area (Å²) in [6.07, 6.45) is -1.57. The number of alkyl halides is 3. The van der Waals surface area contributed by atoms with E-state index in [-0.39, 0.29) is 23.5 Å². The van der Waals surface area contributed by atoms with Crippen LogP contribution in [0.2, 0.25) is 0 Å². The first-order valence-electron chi connectivity index (χ1n) is 13.5. The van der Waals surface area contributed by atoms with Crippen LogP contribution in [0.3, 0.4) is 0 Å². The quantitative estimate of drug-likeness (QED) is 0.323. The molecular formula is C30H29F3N6O3. The van der Waals surface area contributed by atoms with E-state index in [0.717, 1.165) is 31.3 Å². The zero-order valence-electron chi connectivity index (χ0n) is 22.9. The normalized spacial score (nSPS) is 17.0. The Morgan fingerprint density at radius 1 is 1.10 bits per heavy atom. The van der Waals surface area contributed by atoms with E-state index in [9.17, 15) is 22.8 Å². The van der Waals surface area contributed by atoms with E-state index in [0.29, 0.717) is 42.9 Å². The van der Waals surface area contributed by atoms with Crippen LogP contribution in [-0.2, 0) is 28.7 Å². The van der Waals surface area contributed by atoms with Crippen LogP contribution in [0.1, 0.15) is 45.1 Å². The molecule has 0 radical (unpaired) electrons. The molecule has 0 spiro atoms. The lowest BCUT2D eigenvalue weighted by atomic mass is 10.0. The topological polar surface area (TPSA) is 99.7 Å². The fourth-order valence-electron chi connectivity index (χ4n) is 4.95. The number of halogens is 3. The summed E-state index contributed by atoms with van der Waals surface area (Å²) in [6, 6.07) is 8.72. The van der Waals surface area contributed by atoms with Gasteiger partial charge in [0.2, 0.25) is 0 Å². The number of rotatable bonds is 7. The first-order valence-corrected chi connectivity index (χ1v) is 13.5. The van der Waals surface area contributed by atoms with Crippen molar-refractivity contribution in [2.75, 3.05) is 43.4 Å². The van der Waals surface area contributed by atoms with Crippen molar-refractivity contribution in [3.8, 4) is 11.8 Å². The van der Waals surface area contributed by atoms with Gasteiger partial charge in [0.15, 0.2) is 6.23 Å². The van der Waals surface area contributed by atoms with Gasteiger partial charge in [-0.3, -0.25) is 14.5 Å². The molecule has 4 heterocycles. The zero-order chi connectivity index (χ0) is 29.7. The lowest BCUT2D eigenvalue weighted by Crippen LogP contribution is -2.45. The molecule has 218 valence electrons. The number of carbonyl (C=O) groups excluding carboxylic acids is 2. The highest BCUT2D eigenvalue weighted by Gasteiger charge is 2.34. The Morgan fingerprint density at radius 2 is 1.86 bits per heavy atom. The van der Waals surface area contributed by atoms with Crippen LogP contribution >= 0.6 is 0 Å². The van der Waals surface area contributed by atoms with Gasteiger partial charge in [0.1, 0.15) is 11.6 Å². The molecule has 2 aromatic heterocycles. The molecule has 42 heavy (non-hydrogen) atoms. The summed E-state index contributed by atoms with van der Waals surface area (Å²) in [5.74, 6) is 6.05. The molecule has 1 fully saturated rings. The third-order valence-corrected chi connectivity index (χ3v) is 7.23. The van der Waals surface area contributed by atoms with E-state index in [2.05, 4.69) is 44.3 Å². The maximum absolute atomic E-state index is 14.0. The number of piperazine rings is 1. The number of nitrogens with one attached hydrogen (secondary N) is 2. The standard InChI is InChI=1S/C30H29F3N6O3/c1-2-38-9-11-39(12-10-38)18-23-6-5-22(15-25(23)30(31,32)33)29(41)36-26-14-20(7-8-34-26)3-4-21-13-24-16-27(42-19-40)37-28(24)35-17-21/h5-8,13-15,17,19,27H,2,9-12,16,18H2,1H3,(H,35,37)(H,34,36,41). The molecule has 3 aromatic rings. The van der Waals surface area contributed by atoms with Gasteiger partial charge in [-0.1, -0.05) is 24.8 Å². The summed E-state index contributed by atoms with van der Waals surface area (Å²) in [4.78, 5) is 36.2. The number of amides is 1. The van der Waals surface area contributed by atoms with Gasteiger partial charge < -0.3 is 20.3 Å². The number of hydrogen-bond donors (Lipinski definition) is 2. The smallest absolute Gasteiger partial charge is 0.416 e. The Hall–Kier alpha value is -4.47. The Labute approximate surface area is 241 Å². The Kier molecular flexibility index (Phi) is 8.70. The summed E-state index contributed by atoms with van der Waals surface area (Å²) < 4.78 is 46.9. The number of ether oxygens (including phenoxy) is 1. The zero-order valence-corrected chi connectivity index (χ0v) is 22.9. The van der Waals surface area contributed by atoms with Crippen LogP contribution in [-0.4, -0.2) is 71.1 Å². The van der Waals surface area contributed by atoms with Crippen molar-refractivity contribution in [3.63, 3.8) is 0 Å². The summed E-state index contributed by atoms with van der Waals surface area (Å²) >= 11 is 0. The van der Waals surface area contributed by atoms with E-state index in [1.165, 1.54) is 24.4 Å². The summed E-state index contributed by atoms with van der Waals surface area (Å²) in [5.41, 5.74) is 1.24. The number of anilines is 2. The molecule has 0 bridgehead atoms. The maximum atomic E-state index is 14.0. The summed E-state index contributed by atoms with van der Waals surface area (Å²) in [5, 5.41) is 5.56. The van der Waals surface area contributed by atoms with Gasteiger partial charge in [-0.05, 0) is 42.4 Å². The van der Waals surface area contributed by atoms with Gasteiger partial charge >= 0.3 is 6.18 Å². The highest BCUT2D eigenvalue weighted by molar-refractivity contribution is 6.04. The minimum absolute atomic E-state index is 0.116. The fraction of sp³-hybridized carbons (Fsp3) is 0.333. The van der Waals surface area contributed by atoms with Gasteiger partial charge in [0.25, 0.3) is 12.4 Å². The number of pyridine rings is 2. The third kappa shape index (κ3) is 7.05. The molecule has 12 heteroatoms. The molecule has 2 aliphatic rings. The van der Waals surface area contributed by atoms with Gasteiger partial charge in [-0.2, -0.15) is 13.2 Å². The van der Waals surface area contributed by atoms with Crippen molar-refractivity contribution in [1.82, 2.24) is 19.8 Å². The van der Waals surface area contributed by atoms with Crippen LogP contribution in [0.4, 0.5) is 24.8 Å². The van der Waals surface area contributed by atoms with Crippen molar-refractivity contribution in [2.24, 2.45) is 0 Å². The second-order valence-electron chi connectivity index (χ2n) is 10.0. The predicted molar refractivity (Wildman–Crippen MR) is 150 cm³/mol. The maximum Gasteiger partial charge on any atom is 0.416 e. The fourth-order valence-corrected chi connectivity index (χ4v) is 4.95. The molecule has 0 saturated carbocycles. The predicted octanol–water partition coefficient (Wildman–Crippen LogP) is 3.75. The molecule has 1 amide bonds. The first-order chi connectivity index (χ1) is 20.2. The Morgan fingerprint density at radius 3 is 2.60 bits per heavy atom. The minimum atomic E-state index is -4.60. The average molecular weight is 579 g/mol. The van der Waals surface area contributed by atoms with E-state index in [4.69, 9.17) is 4.74 Å². The average Bonchev–Trinajstić information content (AvgIpc) is 3.38. The second kappa shape index (κ2) is 12.6. The molecule has 1 aromatic carbocycles. The van der Waals surface area contributed by atoms with Gasteiger partial charge in [0.05, 0.1) is 5.56 Å². The van der Waals surface area contributed by atoms with E-state index in [1.807, 2.05) is 11.0 Å². The lowest BCUT2D eigenvalue weighted by Gasteiger charge is -2.34. The van der Waals surface area contributed by atoms with Crippen LogP contribution in [0, 0.1) is 11.8 Å². The SMILES string of the molecule is CCN1CCN(Cc2ccc(C(=O)Nc3cc(C#Cc4cnc5c(c4)CC(OC=O)N5)ccn3)cc2C(F)(F)F)CC1. The van der Waals surface area contributed by atoms with Crippen molar-refractivity contribution < 1.29 is 27.5 Å². The minimum Gasteiger partial charge on any atom is -0.444 e. The molecule has 9 nitrogen and oxygen atoms in total. The molecule has 2 N–H and O–H groups in total. The lowest BCUT2D eigenvalue weighted by molar-refractivity contribution is -0.138. The molecular weight excluding hydrogens is 549 g/mol. The number of hydrogen-bond acceptors (Lipinski definition) is 8. The highest BCUT2D eigenvalue weighted by atomic mass is 19.4. The number of carbonyl (C=O) groups is 2. The number of aromatic nitrogens is 2. The van der Waals surface area contributed by atoms with Crippen LogP contribution in [0.5, 0.6) is 0 Å². The van der Waals surface area contributed by atoms with E-state index >= 15 is 0 Å². The number of benzene rings is 1. The third-order valence-electron chi connectivity index (χ3n) is 7.23. The van der Waals surface area contributed by atoms with Crippen molar-refractivity contribution in [2.45, 2.75) is 32.3 Å². The van der Waals surface area contributed by atoms with Gasteiger partial charge in [0, 0.05) is 73.8 Å². The Balaban J connectivity index is 1.27. The highest BCUT2D eigenvalue weighted by Crippen LogP contribution is 2.34. The summed E-state index contributed by atoms with van der Waals surface area (Å²) in [6.45, 7) is 6.54. The van der Waals surface area contributed by atoms with Gasteiger partial charge in [-0.15, -0.1) is 0 Å². The van der Waals surface area contributed by atoms with E-state index < -0.39 is 23.9 Å². The van der Waals surface area contributed by atoms with E-state index in [1.54, 1.807) is 12.3 Å². The van der Waals surface area contributed by atoms with Gasteiger partial charge in [-0.25, -0.2) is 9.97 Å². The molecule has 5 rings (SSSR count). The summed E-state index contributed by atoms with van der Waals surface area (Å²) in [7, 11) is 0. The molecule has 2 aliphatic heterocycles. The van der Waals surface area contributed by atoms with Crippen LogP contribution in [0.25, 0.3) is 0 Å². The largest absolute Gasteiger partial charge is 0.444 e. The molecule has 1 saturated heterocycles. The molecule has 1 atom stereocenters. The second-order valence-corrected chi connectivity index (χ2v) is 10.0.